The highest BCUT2D eigenvalue weighted by molar-refractivity contribution is 5.85. The molecule has 2 aromatic carbocycles. The van der Waals surface area contributed by atoms with Gasteiger partial charge in [0.2, 0.25) is 0 Å². The molecule has 0 fully saturated rings. The molecule has 0 amide bonds. The SMILES string of the molecule is CN=C(NCCC(F)(F)F)NCc1ccc2cc(OC)ccc2c1. The van der Waals surface area contributed by atoms with Gasteiger partial charge in [-0.05, 0) is 34.5 Å². The average molecular weight is 339 g/mol. The van der Waals surface area contributed by atoms with Gasteiger partial charge in [0.15, 0.2) is 5.96 Å². The van der Waals surface area contributed by atoms with Crippen molar-refractivity contribution in [2.45, 2.75) is 19.1 Å². The van der Waals surface area contributed by atoms with Crippen LogP contribution in [0.3, 0.4) is 0 Å². The second kappa shape index (κ2) is 7.90. The standard InChI is InChI=1S/C17H20F3N3O/c1-21-16(22-8-7-17(18,19)20)23-11-12-3-4-14-10-15(24-2)6-5-13(14)9-12/h3-6,9-10H,7-8,11H2,1-2H3,(H2,21,22,23). The van der Waals surface area contributed by atoms with E-state index in [1.165, 1.54) is 7.05 Å². The Hall–Kier alpha value is -2.44. The first-order chi connectivity index (χ1) is 11.4. The van der Waals surface area contributed by atoms with E-state index in [0.717, 1.165) is 22.1 Å². The highest BCUT2D eigenvalue weighted by Gasteiger charge is 2.26. The number of halogens is 3. The summed E-state index contributed by atoms with van der Waals surface area (Å²) in [6, 6.07) is 11.8. The fourth-order valence-electron chi connectivity index (χ4n) is 2.24. The Morgan fingerprint density at radius 2 is 1.79 bits per heavy atom. The van der Waals surface area contributed by atoms with Crippen molar-refractivity contribution in [3.8, 4) is 5.75 Å². The van der Waals surface area contributed by atoms with Crippen molar-refractivity contribution in [2.24, 2.45) is 4.99 Å². The van der Waals surface area contributed by atoms with Gasteiger partial charge in [-0.3, -0.25) is 4.99 Å². The maximum absolute atomic E-state index is 12.2. The van der Waals surface area contributed by atoms with E-state index in [1.54, 1.807) is 7.11 Å². The summed E-state index contributed by atoms with van der Waals surface area (Å²) >= 11 is 0. The molecule has 0 aliphatic rings. The smallest absolute Gasteiger partial charge is 0.390 e. The zero-order valence-corrected chi connectivity index (χ0v) is 13.6. The molecule has 0 bridgehead atoms. The van der Waals surface area contributed by atoms with Crippen LogP contribution in [0.4, 0.5) is 13.2 Å². The molecule has 0 saturated heterocycles. The van der Waals surface area contributed by atoms with E-state index in [2.05, 4.69) is 15.6 Å². The Bertz CT molecular complexity index is 714. The predicted molar refractivity (Wildman–Crippen MR) is 89.4 cm³/mol. The summed E-state index contributed by atoms with van der Waals surface area (Å²) in [7, 11) is 3.15. The molecular weight excluding hydrogens is 319 g/mol. The summed E-state index contributed by atoms with van der Waals surface area (Å²) < 4.78 is 41.7. The van der Waals surface area contributed by atoms with E-state index in [0.29, 0.717) is 12.5 Å². The molecule has 7 heteroatoms. The number of aliphatic imine (C=N–C) groups is 1. The third kappa shape index (κ3) is 5.33. The molecule has 0 heterocycles. The largest absolute Gasteiger partial charge is 0.497 e. The summed E-state index contributed by atoms with van der Waals surface area (Å²) in [6.45, 7) is 0.258. The molecule has 0 aliphatic carbocycles. The maximum atomic E-state index is 12.2. The number of fused-ring (bicyclic) bond motifs is 1. The minimum absolute atomic E-state index is 0.208. The lowest BCUT2D eigenvalue weighted by molar-refractivity contribution is -0.132. The van der Waals surface area contributed by atoms with Gasteiger partial charge < -0.3 is 15.4 Å². The second-order valence-electron chi connectivity index (χ2n) is 5.27. The number of hydrogen-bond acceptors (Lipinski definition) is 2. The number of nitrogens with one attached hydrogen (secondary N) is 2. The third-order valence-electron chi connectivity index (χ3n) is 3.50. The summed E-state index contributed by atoms with van der Waals surface area (Å²) in [5.74, 6) is 1.14. The Labute approximate surface area is 138 Å². The van der Waals surface area contributed by atoms with Gasteiger partial charge in [-0.1, -0.05) is 18.2 Å². The summed E-state index contributed by atoms with van der Waals surface area (Å²) in [5, 5.41) is 7.78. The fraction of sp³-hybridized carbons (Fsp3) is 0.353. The number of nitrogens with zero attached hydrogens (tertiary/aromatic N) is 1. The molecule has 0 atom stereocenters. The lowest BCUT2D eigenvalue weighted by atomic mass is 10.1. The monoisotopic (exact) mass is 339 g/mol. The Morgan fingerprint density at radius 1 is 1.08 bits per heavy atom. The highest BCUT2D eigenvalue weighted by Crippen LogP contribution is 2.22. The first-order valence-electron chi connectivity index (χ1n) is 7.49. The second-order valence-corrected chi connectivity index (χ2v) is 5.27. The van der Waals surface area contributed by atoms with E-state index in [9.17, 15) is 13.2 Å². The number of alkyl halides is 3. The van der Waals surface area contributed by atoms with Crippen molar-refractivity contribution in [1.82, 2.24) is 10.6 Å². The third-order valence-corrected chi connectivity index (χ3v) is 3.50. The van der Waals surface area contributed by atoms with Crippen LogP contribution >= 0.6 is 0 Å². The van der Waals surface area contributed by atoms with Crippen molar-refractivity contribution in [1.29, 1.82) is 0 Å². The van der Waals surface area contributed by atoms with Crippen molar-refractivity contribution in [3.63, 3.8) is 0 Å². The van der Waals surface area contributed by atoms with Crippen LogP contribution in [0.1, 0.15) is 12.0 Å². The lowest BCUT2D eigenvalue weighted by Gasteiger charge is -2.13. The average Bonchev–Trinajstić information content (AvgIpc) is 2.56. The number of benzene rings is 2. The maximum Gasteiger partial charge on any atom is 0.390 e. The van der Waals surface area contributed by atoms with Gasteiger partial charge in [0, 0.05) is 20.1 Å². The predicted octanol–water partition coefficient (Wildman–Crippen LogP) is 3.47. The van der Waals surface area contributed by atoms with Crippen molar-refractivity contribution < 1.29 is 17.9 Å². The fourth-order valence-corrected chi connectivity index (χ4v) is 2.24. The molecule has 2 aromatic rings. The van der Waals surface area contributed by atoms with Crippen LogP contribution < -0.4 is 15.4 Å². The first kappa shape index (κ1) is 17.9. The zero-order chi connectivity index (χ0) is 17.6. The number of rotatable bonds is 5. The van der Waals surface area contributed by atoms with Gasteiger partial charge in [-0.15, -0.1) is 0 Å². The minimum Gasteiger partial charge on any atom is -0.497 e. The molecular formula is C17H20F3N3O. The Morgan fingerprint density at radius 3 is 2.46 bits per heavy atom. The Balaban J connectivity index is 1.94. The molecule has 0 aliphatic heterocycles. The van der Waals surface area contributed by atoms with Crippen molar-refractivity contribution in [3.05, 3.63) is 42.0 Å². The first-order valence-corrected chi connectivity index (χ1v) is 7.49. The molecule has 2 N–H and O–H groups in total. The van der Waals surface area contributed by atoms with E-state index >= 15 is 0 Å². The topological polar surface area (TPSA) is 45.7 Å². The van der Waals surface area contributed by atoms with Gasteiger partial charge >= 0.3 is 6.18 Å². The zero-order valence-electron chi connectivity index (χ0n) is 13.6. The van der Waals surface area contributed by atoms with Crippen LogP contribution in [0.15, 0.2) is 41.4 Å². The van der Waals surface area contributed by atoms with Crippen LogP contribution in [-0.4, -0.2) is 32.8 Å². The summed E-state index contributed by atoms with van der Waals surface area (Å²) in [6.07, 6.45) is -5.07. The number of guanidine groups is 1. The van der Waals surface area contributed by atoms with Crippen LogP contribution in [0.25, 0.3) is 10.8 Å². The molecule has 130 valence electrons. The van der Waals surface area contributed by atoms with Crippen LogP contribution in [0.5, 0.6) is 5.75 Å². The van der Waals surface area contributed by atoms with E-state index in [-0.39, 0.29) is 6.54 Å². The molecule has 0 spiro atoms. The molecule has 4 nitrogen and oxygen atoms in total. The number of methoxy groups -OCH3 is 1. The quantitative estimate of drug-likeness (QED) is 0.648. The van der Waals surface area contributed by atoms with Crippen LogP contribution in [0, 0.1) is 0 Å². The van der Waals surface area contributed by atoms with E-state index < -0.39 is 12.6 Å². The molecule has 0 unspecified atom stereocenters. The molecule has 0 aromatic heterocycles. The minimum atomic E-state index is -4.18. The molecule has 0 radical (unpaired) electrons. The lowest BCUT2D eigenvalue weighted by Crippen LogP contribution is -2.38. The highest BCUT2D eigenvalue weighted by atomic mass is 19.4. The molecule has 2 rings (SSSR count). The van der Waals surface area contributed by atoms with Gasteiger partial charge in [-0.2, -0.15) is 13.2 Å². The van der Waals surface area contributed by atoms with Gasteiger partial charge in [0.1, 0.15) is 5.75 Å². The van der Waals surface area contributed by atoms with Crippen LogP contribution in [0.2, 0.25) is 0 Å². The number of ether oxygens (including phenoxy) is 1. The van der Waals surface area contributed by atoms with Gasteiger partial charge in [-0.25, -0.2) is 0 Å². The van der Waals surface area contributed by atoms with Crippen molar-refractivity contribution >= 4 is 16.7 Å². The van der Waals surface area contributed by atoms with Gasteiger partial charge in [0.25, 0.3) is 0 Å². The Kier molecular flexibility index (Phi) is 5.89. The van der Waals surface area contributed by atoms with Gasteiger partial charge in [0.05, 0.1) is 13.5 Å². The molecule has 0 saturated carbocycles. The summed E-state index contributed by atoms with van der Waals surface area (Å²) in [5.41, 5.74) is 1.01. The normalized spacial score (nSPS) is 12.3. The van der Waals surface area contributed by atoms with Crippen LogP contribution in [-0.2, 0) is 6.54 Å². The summed E-state index contributed by atoms with van der Waals surface area (Å²) in [4.78, 5) is 3.92. The van der Waals surface area contributed by atoms with Crippen molar-refractivity contribution in [2.75, 3.05) is 20.7 Å². The van der Waals surface area contributed by atoms with E-state index in [1.807, 2.05) is 36.4 Å². The van der Waals surface area contributed by atoms with E-state index in [4.69, 9.17) is 4.74 Å². The molecule has 24 heavy (non-hydrogen) atoms. The number of hydrogen-bond donors (Lipinski definition) is 2.